The molecule has 0 saturated heterocycles. The number of hydrogen-bond acceptors (Lipinski definition) is 5. The van der Waals surface area contributed by atoms with Crippen LogP contribution in [0.1, 0.15) is 25.0 Å². The summed E-state index contributed by atoms with van der Waals surface area (Å²) >= 11 is 0. The molecule has 0 radical (unpaired) electrons. The van der Waals surface area contributed by atoms with Crippen molar-refractivity contribution >= 4 is 12.1 Å². The fourth-order valence-corrected chi connectivity index (χ4v) is 2.59. The maximum absolute atomic E-state index is 12.1. The Kier molecular flexibility index (Phi) is 6.92. The summed E-state index contributed by atoms with van der Waals surface area (Å²) in [5.41, 5.74) is -0.546. The fraction of sp³-hybridized carbons (Fsp3) is 0.300. The lowest BCUT2D eigenvalue weighted by Gasteiger charge is -2.37. The van der Waals surface area contributed by atoms with Gasteiger partial charge in [-0.05, 0) is 19.4 Å². The number of carboxylic acid groups (broad SMARTS) is 1. The molecule has 0 fully saturated rings. The van der Waals surface area contributed by atoms with Crippen LogP contribution in [0, 0.1) is 0 Å². The Labute approximate surface area is 158 Å². The molecule has 2 unspecified atom stereocenters. The standard InChI is InChI=1S/C20H24N2O5/c1-14(18(23)24)22-20(26,17-11-7-4-8-12-17)15(2)21-19(25)27-13-16-9-5-3-6-10-16/h3-12,14-15,22,26H,13H2,1-2H3,(H,21,25)(H,23,24)/t14-,15?,20?/m0/s1. The molecule has 0 saturated carbocycles. The molecule has 2 aromatic rings. The Morgan fingerprint density at radius 3 is 2.15 bits per heavy atom. The summed E-state index contributed by atoms with van der Waals surface area (Å²) in [7, 11) is 0. The van der Waals surface area contributed by atoms with Gasteiger partial charge in [0.1, 0.15) is 12.6 Å². The number of rotatable bonds is 8. The lowest BCUT2D eigenvalue weighted by molar-refractivity contribution is -0.142. The van der Waals surface area contributed by atoms with E-state index in [0.29, 0.717) is 5.56 Å². The summed E-state index contributed by atoms with van der Waals surface area (Å²) in [4.78, 5) is 23.4. The van der Waals surface area contributed by atoms with E-state index >= 15 is 0 Å². The van der Waals surface area contributed by atoms with Gasteiger partial charge >= 0.3 is 12.1 Å². The second-order valence-corrected chi connectivity index (χ2v) is 6.26. The van der Waals surface area contributed by atoms with Crippen molar-refractivity contribution in [1.82, 2.24) is 10.6 Å². The third-order valence-corrected chi connectivity index (χ3v) is 4.19. The lowest BCUT2D eigenvalue weighted by atomic mass is 9.94. The van der Waals surface area contributed by atoms with Crippen molar-refractivity contribution in [3.05, 3.63) is 71.8 Å². The van der Waals surface area contributed by atoms with Crippen molar-refractivity contribution in [2.24, 2.45) is 0 Å². The van der Waals surface area contributed by atoms with Crippen molar-refractivity contribution in [2.45, 2.75) is 38.3 Å². The van der Waals surface area contributed by atoms with Gasteiger partial charge < -0.3 is 20.3 Å². The van der Waals surface area contributed by atoms with Gasteiger partial charge in [-0.25, -0.2) is 4.79 Å². The molecule has 0 aliphatic carbocycles. The summed E-state index contributed by atoms with van der Waals surface area (Å²) in [6.45, 7) is 3.07. The molecule has 3 atom stereocenters. The molecule has 2 rings (SSSR count). The summed E-state index contributed by atoms with van der Waals surface area (Å²) in [5.74, 6) is -1.12. The lowest BCUT2D eigenvalue weighted by Crippen LogP contribution is -2.60. The number of nitrogens with one attached hydrogen (secondary N) is 2. The van der Waals surface area contributed by atoms with Crippen LogP contribution in [0.4, 0.5) is 4.79 Å². The zero-order valence-corrected chi connectivity index (χ0v) is 15.3. The highest BCUT2D eigenvalue weighted by Gasteiger charge is 2.39. The van der Waals surface area contributed by atoms with Crippen LogP contribution >= 0.6 is 0 Å². The predicted octanol–water partition coefficient (Wildman–Crippen LogP) is 2.21. The van der Waals surface area contributed by atoms with Gasteiger partial charge in [0.25, 0.3) is 0 Å². The van der Waals surface area contributed by atoms with Crippen LogP contribution in [-0.2, 0) is 21.9 Å². The Morgan fingerprint density at radius 2 is 1.59 bits per heavy atom. The first-order valence-electron chi connectivity index (χ1n) is 8.58. The number of carboxylic acids is 1. The van der Waals surface area contributed by atoms with Crippen molar-refractivity contribution in [3.63, 3.8) is 0 Å². The van der Waals surface area contributed by atoms with Gasteiger partial charge in [0, 0.05) is 5.56 Å². The average Bonchev–Trinajstić information content (AvgIpc) is 2.67. The third-order valence-electron chi connectivity index (χ3n) is 4.19. The first kappa shape index (κ1) is 20.4. The number of amides is 1. The molecule has 7 heteroatoms. The van der Waals surface area contributed by atoms with E-state index < -0.39 is 29.9 Å². The van der Waals surface area contributed by atoms with Gasteiger partial charge in [-0.15, -0.1) is 0 Å². The number of carbonyl (C=O) groups is 2. The average molecular weight is 372 g/mol. The number of carbonyl (C=O) groups excluding carboxylic acids is 1. The van der Waals surface area contributed by atoms with E-state index in [2.05, 4.69) is 10.6 Å². The smallest absolute Gasteiger partial charge is 0.407 e. The van der Waals surface area contributed by atoms with E-state index in [1.54, 1.807) is 37.3 Å². The molecule has 0 aromatic heterocycles. The van der Waals surface area contributed by atoms with Crippen molar-refractivity contribution in [1.29, 1.82) is 0 Å². The molecule has 4 N–H and O–H groups in total. The third kappa shape index (κ3) is 5.54. The molecule has 2 aromatic carbocycles. The predicted molar refractivity (Wildman–Crippen MR) is 99.8 cm³/mol. The summed E-state index contributed by atoms with van der Waals surface area (Å²) < 4.78 is 5.18. The van der Waals surface area contributed by atoms with Crippen LogP contribution in [0.5, 0.6) is 0 Å². The van der Waals surface area contributed by atoms with Crippen molar-refractivity contribution in [3.8, 4) is 0 Å². The topological polar surface area (TPSA) is 108 Å². The Morgan fingerprint density at radius 1 is 1.04 bits per heavy atom. The van der Waals surface area contributed by atoms with Crippen LogP contribution in [0.15, 0.2) is 60.7 Å². The van der Waals surface area contributed by atoms with E-state index in [1.807, 2.05) is 30.3 Å². The minimum Gasteiger partial charge on any atom is -0.480 e. The number of hydrogen-bond donors (Lipinski definition) is 4. The van der Waals surface area contributed by atoms with Crippen LogP contribution < -0.4 is 10.6 Å². The normalized spacial score (nSPS) is 15.2. The Bertz CT molecular complexity index is 753. The molecule has 1 amide bonds. The minimum atomic E-state index is -1.80. The summed E-state index contributed by atoms with van der Waals surface area (Å²) in [5, 5.41) is 25.6. The first-order chi connectivity index (χ1) is 12.8. The zero-order chi connectivity index (χ0) is 19.9. The van der Waals surface area contributed by atoms with E-state index in [1.165, 1.54) is 6.92 Å². The zero-order valence-electron chi connectivity index (χ0n) is 15.3. The monoisotopic (exact) mass is 372 g/mol. The van der Waals surface area contributed by atoms with Gasteiger partial charge in [0.2, 0.25) is 0 Å². The highest BCUT2D eigenvalue weighted by molar-refractivity contribution is 5.73. The summed E-state index contributed by atoms with van der Waals surface area (Å²) in [6.07, 6.45) is -0.717. The number of benzene rings is 2. The number of aliphatic carboxylic acids is 1. The van der Waals surface area contributed by atoms with Gasteiger partial charge in [0.05, 0.1) is 6.04 Å². The van der Waals surface area contributed by atoms with Crippen LogP contribution in [0.2, 0.25) is 0 Å². The molecular formula is C20H24N2O5. The highest BCUT2D eigenvalue weighted by atomic mass is 16.5. The van der Waals surface area contributed by atoms with Crippen LogP contribution in [-0.4, -0.2) is 34.4 Å². The van der Waals surface area contributed by atoms with E-state index in [9.17, 15) is 19.8 Å². The van der Waals surface area contributed by atoms with E-state index in [-0.39, 0.29) is 6.61 Å². The second-order valence-electron chi connectivity index (χ2n) is 6.26. The SMILES string of the molecule is CC(NC(=O)OCc1ccccc1)C(O)(N[C@@H](C)C(=O)O)c1ccccc1. The molecule has 144 valence electrons. The maximum atomic E-state index is 12.1. The van der Waals surface area contributed by atoms with Gasteiger partial charge in [0.15, 0.2) is 5.72 Å². The Hall–Kier alpha value is -2.90. The maximum Gasteiger partial charge on any atom is 0.407 e. The van der Waals surface area contributed by atoms with Crippen molar-refractivity contribution < 1.29 is 24.5 Å². The molecule has 0 spiro atoms. The van der Waals surface area contributed by atoms with Gasteiger partial charge in [-0.2, -0.15) is 0 Å². The largest absolute Gasteiger partial charge is 0.480 e. The number of alkyl carbamates (subject to hydrolysis) is 1. The molecule has 0 heterocycles. The van der Waals surface area contributed by atoms with Gasteiger partial charge in [-0.1, -0.05) is 60.7 Å². The molecule has 0 aliphatic rings. The fourth-order valence-electron chi connectivity index (χ4n) is 2.59. The first-order valence-corrected chi connectivity index (χ1v) is 8.58. The van der Waals surface area contributed by atoms with Crippen molar-refractivity contribution in [2.75, 3.05) is 0 Å². The number of aliphatic hydroxyl groups is 1. The molecular weight excluding hydrogens is 348 g/mol. The number of ether oxygens (including phenoxy) is 1. The van der Waals surface area contributed by atoms with Crippen LogP contribution in [0.3, 0.4) is 0 Å². The Balaban J connectivity index is 2.09. The second kappa shape index (κ2) is 9.16. The van der Waals surface area contributed by atoms with Crippen LogP contribution in [0.25, 0.3) is 0 Å². The molecule has 7 nitrogen and oxygen atoms in total. The molecule has 27 heavy (non-hydrogen) atoms. The minimum absolute atomic E-state index is 0.0854. The van der Waals surface area contributed by atoms with E-state index in [0.717, 1.165) is 5.56 Å². The quantitative estimate of drug-likeness (QED) is 0.529. The summed E-state index contributed by atoms with van der Waals surface area (Å²) in [6, 6.07) is 15.8. The molecule has 0 aliphatic heterocycles. The van der Waals surface area contributed by atoms with E-state index in [4.69, 9.17) is 4.74 Å². The highest BCUT2D eigenvalue weighted by Crippen LogP contribution is 2.23. The molecule has 0 bridgehead atoms. The van der Waals surface area contributed by atoms with Gasteiger partial charge in [-0.3, -0.25) is 10.1 Å².